The molecule has 1 heterocycles. The minimum absolute atomic E-state index is 0.130. The first-order valence-electron chi connectivity index (χ1n) is 9.02. The molecule has 7 nitrogen and oxygen atoms in total. The zero-order valence-corrected chi connectivity index (χ0v) is 17.7. The van der Waals surface area contributed by atoms with Gasteiger partial charge in [0.1, 0.15) is 0 Å². The minimum Gasteiger partial charge on any atom is -0.493 e. The summed E-state index contributed by atoms with van der Waals surface area (Å²) in [5.41, 5.74) is 2.40. The van der Waals surface area contributed by atoms with E-state index in [4.69, 9.17) is 14.6 Å². The maximum Gasteiger partial charge on any atom is 0.303 e. The molecule has 1 aliphatic rings. The third-order valence-corrected chi connectivity index (χ3v) is 5.22. The number of aliphatic carboxylic acids is 1. The maximum atomic E-state index is 12.8. The van der Waals surface area contributed by atoms with Gasteiger partial charge in [-0.25, -0.2) is 5.01 Å². The van der Waals surface area contributed by atoms with Crippen molar-refractivity contribution in [3.8, 4) is 11.5 Å². The van der Waals surface area contributed by atoms with E-state index in [0.717, 1.165) is 21.3 Å². The molecule has 0 radical (unpaired) electrons. The molecule has 0 spiro atoms. The van der Waals surface area contributed by atoms with Gasteiger partial charge in [-0.05, 0) is 23.8 Å². The number of hydrazone groups is 1. The number of hydrogen-bond acceptors (Lipinski definition) is 5. The highest BCUT2D eigenvalue weighted by atomic mass is 79.9. The van der Waals surface area contributed by atoms with Crippen molar-refractivity contribution < 1.29 is 24.2 Å². The van der Waals surface area contributed by atoms with Crippen LogP contribution < -0.4 is 9.47 Å². The van der Waals surface area contributed by atoms with Crippen LogP contribution in [-0.2, 0) is 9.59 Å². The number of methoxy groups -OCH3 is 2. The van der Waals surface area contributed by atoms with Gasteiger partial charge in [-0.3, -0.25) is 9.59 Å². The van der Waals surface area contributed by atoms with E-state index in [-0.39, 0.29) is 18.7 Å². The molecule has 29 heavy (non-hydrogen) atoms. The van der Waals surface area contributed by atoms with Crippen LogP contribution in [-0.4, -0.2) is 41.9 Å². The summed E-state index contributed by atoms with van der Waals surface area (Å²) in [7, 11) is 3.10. The molecule has 2 aromatic rings. The molecule has 0 saturated heterocycles. The third-order valence-electron chi connectivity index (χ3n) is 4.69. The highest BCUT2D eigenvalue weighted by Gasteiger charge is 2.35. The first kappa shape index (κ1) is 20.9. The number of nitrogens with zero attached hydrogens (tertiary/aromatic N) is 2. The Kier molecular flexibility index (Phi) is 6.53. The van der Waals surface area contributed by atoms with Crippen molar-refractivity contribution in [3.63, 3.8) is 0 Å². The first-order chi connectivity index (χ1) is 13.9. The lowest BCUT2D eigenvalue weighted by Crippen LogP contribution is -2.27. The van der Waals surface area contributed by atoms with E-state index in [9.17, 15) is 9.59 Å². The Morgan fingerprint density at radius 1 is 1.14 bits per heavy atom. The third kappa shape index (κ3) is 4.59. The summed E-state index contributed by atoms with van der Waals surface area (Å²) < 4.78 is 11.9. The predicted octanol–water partition coefficient (Wildman–Crippen LogP) is 4.01. The molecule has 1 atom stereocenters. The van der Waals surface area contributed by atoms with Gasteiger partial charge in [0.25, 0.3) is 0 Å². The van der Waals surface area contributed by atoms with E-state index < -0.39 is 12.0 Å². The largest absolute Gasteiger partial charge is 0.493 e. The number of benzene rings is 2. The van der Waals surface area contributed by atoms with E-state index >= 15 is 0 Å². The van der Waals surface area contributed by atoms with Gasteiger partial charge >= 0.3 is 5.97 Å². The molecule has 0 aromatic heterocycles. The Morgan fingerprint density at radius 3 is 2.48 bits per heavy atom. The molecular formula is C21H21BrN2O5. The zero-order valence-electron chi connectivity index (χ0n) is 16.1. The summed E-state index contributed by atoms with van der Waals surface area (Å²) in [6.45, 7) is 0. The number of carbonyl (C=O) groups excluding carboxylic acids is 1. The second kappa shape index (κ2) is 9.09. The van der Waals surface area contributed by atoms with Crippen LogP contribution in [0.3, 0.4) is 0 Å². The van der Waals surface area contributed by atoms with Gasteiger partial charge in [0, 0.05) is 22.9 Å². The van der Waals surface area contributed by atoms with Crippen molar-refractivity contribution in [1.29, 1.82) is 0 Å². The van der Waals surface area contributed by atoms with Crippen molar-refractivity contribution in [2.45, 2.75) is 25.3 Å². The van der Waals surface area contributed by atoms with Crippen molar-refractivity contribution in [3.05, 3.63) is 58.1 Å². The second-order valence-corrected chi connectivity index (χ2v) is 7.40. The Bertz CT molecular complexity index is 943. The van der Waals surface area contributed by atoms with Crippen molar-refractivity contribution >= 4 is 33.5 Å². The standard InChI is InChI=1S/C21H21BrN2O5/c1-28-18-5-3-4-15(21(18)29-2)17-12-16(13-6-8-14(22)9-7-13)23-24(17)19(25)10-11-20(26)27/h3-9,17H,10-12H2,1-2H3,(H,26,27)/t17-/m1/s1. The monoisotopic (exact) mass is 460 g/mol. The van der Waals surface area contributed by atoms with Crippen LogP contribution in [0.2, 0.25) is 0 Å². The van der Waals surface area contributed by atoms with E-state index in [2.05, 4.69) is 21.0 Å². The average molecular weight is 461 g/mol. The van der Waals surface area contributed by atoms with Crippen molar-refractivity contribution in [2.24, 2.45) is 5.10 Å². The molecule has 1 amide bonds. The van der Waals surface area contributed by atoms with Gasteiger partial charge < -0.3 is 14.6 Å². The normalized spacial score (nSPS) is 15.8. The van der Waals surface area contributed by atoms with Gasteiger partial charge in [-0.1, -0.05) is 40.2 Å². The number of para-hydroxylation sites is 1. The van der Waals surface area contributed by atoms with E-state index in [1.165, 1.54) is 5.01 Å². The number of amides is 1. The van der Waals surface area contributed by atoms with Gasteiger partial charge in [-0.15, -0.1) is 0 Å². The van der Waals surface area contributed by atoms with Gasteiger partial charge in [0.2, 0.25) is 5.91 Å². The number of carboxylic acids is 1. The number of hydrogen-bond donors (Lipinski definition) is 1. The molecule has 152 valence electrons. The lowest BCUT2D eigenvalue weighted by molar-refractivity contribution is -0.141. The number of halogens is 1. The Hall–Kier alpha value is -2.87. The molecule has 3 rings (SSSR count). The fourth-order valence-electron chi connectivity index (χ4n) is 3.30. The molecule has 1 aliphatic heterocycles. The molecule has 0 fully saturated rings. The van der Waals surface area contributed by atoms with Gasteiger partial charge in [0.05, 0.1) is 32.4 Å². The average Bonchev–Trinajstić information content (AvgIpc) is 3.17. The van der Waals surface area contributed by atoms with Gasteiger partial charge in [0.15, 0.2) is 11.5 Å². The predicted molar refractivity (Wildman–Crippen MR) is 111 cm³/mol. The van der Waals surface area contributed by atoms with Crippen LogP contribution in [0, 0.1) is 0 Å². The second-order valence-electron chi connectivity index (χ2n) is 6.49. The first-order valence-corrected chi connectivity index (χ1v) is 9.82. The lowest BCUT2D eigenvalue weighted by Gasteiger charge is -2.24. The smallest absolute Gasteiger partial charge is 0.303 e. The number of ether oxygens (including phenoxy) is 2. The summed E-state index contributed by atoms with van der Waals surface area (Å²) in [4.78, 5) is 23.7. The van der Waals surface area contributed by atoms with E-state index in [0.29, 0.717) is 17.9 Å². The molecule has 8 heteroatoms. The fraction of sp³-hybridized carbons (Fsp3) is 0.286. The molecule has 0 bridgehead atoms. The van der Waals surface area contributed by atoms with E-state index in [1.807, 2.05) is 36.4 Å². The number of carboxylic acid groups (broad SMARTS) is 1. The summed E-state index contributed by atoms with van der Waals surface area (Å²) in [6, 6.07) is 12.7. The van der Waals surface area contributed by atoms with E-state index in [1.54, 1.807) is 20.3 Å². The zero-order chi connectivity index (χ0) is 21.0. The summed E-state index contributed by atoms with van der Waals surface area (Å²) in [5.74, 6) is -0.289. The van der Waals surface area contributed by atoms with Crippen molar-refractivity contribution in [1.82, 2.24) is 5.01 Å². The summed E-state index contributed by atoms with van der Waals surface area (Å²) >= 11 is 3.42. The van der Waals surface area contributed by atoms with Crippen LogP contribution in [0.25, 0.3) is 0 Å². The molecule has 0 unspecified atom stereocenters. The highest BCUT2D eigenvalue weighted by Crippen LogP contribution is 2.42. The van der Waals surface area contributed by atoms with Crippen LogP contribution in [0.5, 0.6) is 11.5 Å². The lowest BCUT2D eigenvalue weighted by atomic mass is 9.97. The molecular weight excluding hydrogens is 440 g/mol. The van der Waals surface area contributed by atoms with Crippen LogP contribution in [0.4, 0.5) is 0 Å². The Morgan fingerprint density at radius 2 is 1.86 bits per heavy atom. The quantitative estimate of drug-likeness (QED) is 0.673. The highest BCUT2D eigenvalue weighted by molar-refractivity contribution is 9.10. The maximum absolute atomic E-state index is 12.8. The Balaban J connectivity index is 1.99. The summed E-state index contributed by atoms with van der Waals surface area (Å²) in [5, 5.41) is 14.9. The molecule has 2 aromatic carbocycles. The van der Waals surface area contributed by atoms with Gasteiger partial charge in [-0.2, -0.15) is 5.10 Å². The Labute approximate surface area is 177 Å². The topological polar surface area (TPSA) is 88.4 Å². The van der Waals surface area contributed by atoms with Crippen LogP contribution >= 0.6 is 15.9 Å². The fourth-order valence-corrected chi connectivity index (χ4v) is 3.57. The number of carbonyl (C=O) groups is 2. The number of rotatable bonds is 7. The molecule has 0 saturated carbocycles. The molecule has 1 N–H and O–H groups in total. The molecule has 0 aliphatic carbocycles. The summed E-state index contributed by atoms with van der Waals surface area (Å²) in [6.07, 6.45) is 0.0969. The SMILES string of the molecule is COc1cccc([C@H]2CC(c3ccc(Br)cc3)=NN2C(=O)CCC(=O)O)c1OC. The minimum atomic E-state index is -1.02. The van der Waals surface area contributed by atoms with Crippen LogP contribution in [0.1, 0.15) is 36.4 Å². The van der Waals surface area contributed by atoms with Crippen LogP contribution in [0.15, 0.2) is 52.0 Å². The van der Waals surface area contributed by atoms with Crippen molar-refractivity contribution in [2.75, 3.05) is 14.2 Å².